The van der Waals surface area contributed by atoms with Gasteiger partial charge in [-0.15, -0.1) is 0 Å². The van der Waals surface area contributed by atoms with E-state index in [-0.39, 0.29) is 5.41 Å². The van der Waals surface area contributed by atoms with E-state index in [0.717, 1.165) is 31.4 Å². The Hall–Kier alpha value is -1.67. The quantitative estimate of drug-likeness (QED) is 0.433. The highest BCUT2D eigenvalue weighted by atomic mass is 16.7. The van der Waals surface area contributed by atoms with E-state index < -0.39 is 29.6 Å². The molecule has 1 saturated heterocycles. The van der Waals surface area contributed by atoms with Gasteiger partial charge in [-0.2, -0.15) is 0 Å². The highest BCUT2D eigenvalue weighted by Crippen LogP contribution is 2.29. The SMILES string of the molecule is CC(C)(CCCC1(C)OCCO1)CNCC(O)C(Cc1ccccc1)NC(=O)OC(C)(C)C. The lowest BCUT2D eigenvalue weighted by atomic mass is 9.86. The first-order chi connectivity index (χ1) is 15.4. The molecule has 1 heterocycles. The van der Waals surface area contributed by atoms with Gasteiger partial charge in [0.15, 0.2) is 5.79 Å². The minimum Gasteiger partial charge on any atom is -0.444 e. The molecule has 188 valence electrons. The molecule has 1 amide bonds. The molecular formula is C26H44N2O5. The summed E-state index contributed by atoms with van der Waals surface area (Å²) in [7, 11) is 0. The van der Waals surface area contributed by atoms with Crippen molar-refractivity contribution in [2.45, 2.75) is 90.8 Å². The standard InChI is InChI=1S/C26H44N2O5/c1-24(2,3)33-23(30)28-21(17-20-11-8-7-9-12-20)22(29)18-27-19-25(4,5)13-10-14-26(6)31-15-16-32-26/h7-9,11-12,21-22,27,29H,10,13-19H2,1-6H3,(H,28,30). The Labute approximate surface area is 199 Å². The van der Waals surface area contributed by atoms with Crippen LogP contribution in [0.15, 0.2) is 30.3 Å². The number of carbonyl (C=O) groups excluding carboxylic acids is 1. The normalized spacial score (nSPS) is 18.0. The predicted molar refractivity (Wildman–Crippen MR) is 130 cm³/mol. The summed E-state index contributed by atoms with van der Waals surface area (Å²) in [6, 6.07) is 9.38. The van der Waals surface area contributed by atoms with E-state index in [9.17, 15) is 9.90 Å². The van der Waals surface area contributed by atoms with Crippen LogP contribution in [0.1, 0.15) is 66.4 Å². The third-order valence-electron chi connectivity index (χ3n) is 5.80. The number of carbonyl (C=O) groups is 1. The van der Waals surface area contributed by atoms with Crippen molar-refractivity contribution in [1.82, 2.24) is 10.6 Å². The van der Waals surface area contributed by atoms with Crippen LogP contribution in [-0.4, -0.2) is 61.0 Å². The van der Waals surface area contributed by atoms with Crippen LogP contribution in [0.25, 0.3) is 0 Å². The van der Waals surface area contributed by atoms with Crippen molar-refractivity contribution in [2.75, 3.05) is 26.3 Å². The number of hydrogen-bond acceptors (Lipinski definition) is 6. The number of nitrogens with one attached hydrogen (secondary N) is 2. The zero-order valence-electron chi connectivity index (χ0n) is 21.3. The van der Waals surface area contributed by atoms with Crippen molar-refractivity contribution in [1.29, 1.82) is 0 Å². The van der Waals surface area contributed by atoms with Crippen molar-refractivity contribution < 1.29 is 24.1 Å². The summed E-state index contributed by atoms with van der Waals surface area (Å²) in [6.07, 6.45) is 2.13. The number of hydrogen-bond donors (Lipinski definition) is 3. The number of alkyl carbamates (subject to hydrolysis) is 1. The van der Waals surface area contributed by atoms with Crippen LogP contribution in [0.3, 0.4) is 0 Å². The molecule has 33 heavy (non-hydrogen) atoms. The van der Waals surface area contributed by atoms with E-state index >= 15 is 0 Å². The van der Waals surface area contributed by atoms with Crippen LogP contribution in [0.2, 0.25) is 0 Å². The molecule has 7 heteroatoms. The van der Waals surface area contributed by atoms with Crippen LogP contribution in [0, 0.1) is 5.41 Å². The molecule has 0 saturated carbocycles. The summed E-state index contributed by atoms with van der Waals surface area (Å²) < 4.78 is 16.8. The van der Waals surface area contributed by atoms with Crippen LogP contribution in [0.5, 0.6) is 0 Å². The molecule has 1 aliphatic rings. The fourth-order valence-corrected chi connectivity index (χ4v) is 3.99. The number of benzene rings is 1. The minimum absolute atomic E-state index is 0.0577. The first-order valence-electron chi connectivity index (χ1n) is 12.1. The molecule has 2 atom stereocenters. The maximum Gasteiger partial charge on any atom is 0.407 e. The molecule has 0 aromatic heterocycles. The van der Waals surface area contributed by atoms with Crippen molar-refractivity contribution in [3.63, 3.8) is 0 Å². The fourth-order valence-electron chi connectivity index (χ4n) is 3.99. The second-order valence-corrected chi connectivity index (χ2v) is 11.0. The van der Waals surface area contributed by atoms with E-state index in [1.165, 1.54) is 0 Å². The zero-order chi connectivity index (χ0) is 24.5. The van der Waals surface area contributed by atoms with Gasteiger partial charge in [-0.05, 0) is 57.9 Å². The van der Waals surface area contributed by atoms with Gasteiger partial charge < -0.3 is 30.0 Å². The lowest BCUT2D eigenvalue weighted by Gasteiger charge is -2.30. The summed E-state index contributed by atoms with van der Waals surface area (Å²) in [5, 5.41) is 17.2. The topological polar surface area (TPSA) is 89.0 Å². The third kappa shape index (κ3) is 10.9. The molecule has 1 fully saturated rings. The molecule has 3 N–H and O–H groups in total. The van der Waals surface area contributed by atoms with Crippen molar-refractivity contribution in [2.24, 2.45) is 5.41 Å². The second kappa shape index (κ2) is 12.2. The average Bonchev–Trinajstić information content (AvgIpc) is 3.13. The van der Waals surface area contributed by atoms with E-state index in [1.807, 2.05) is 58.0 Å². The molecule has 0 aliphatic carbocycles. The van der Waals surface area contributed by atoms with Crippen molar-refractivity contribution >= 4 is 6.09 Å². The summed E-state index contributed by atoms with van der Waals surface area (Å²) in [5.74, 6) is -0.447. The molecule has 2 rings (SSSR count). The van der Waals surface area contributed by atoms with Gasteiger partial charge in [0, 0.05) is 19.5 Å². The first kappa shape index (κ1) is 27.6. The maximum atomic E-state index is 12.4. The van der Waals surface area contributed by atoms with Gasteiger partial charge >= 0.3 is 6.09 Å². The Balaban J connectivity index is 1.84. The van der Waals surface area contributed by atoms with Crippen molar-refractivity contribution in [3.8, 4) is 0 Å². The highest BCUT2D eigenvalue weighted by molar-refractivity contribution is 5.68. The third-order valence-corrected chi connectivity index (χ3v) is 5.80. The molecule has 7 nitrogen and oxygen atoms in total. The lowest BCUT2D eigenvalue weighted by molar-refractivity contribution is -0.148. The van der Waals surface area contributed by atoms with Gasteiger partial charge in [-0.25, -0.2) is 4.79 Å². The first-order valence-corrected chi connectivity index (χ1v) is 12.1. The van der Waals surface area contributed by atoms with Crippen LogP contribution >= 0.6 is 0 Å². The second-order valence-electron chi connectivity index (χ2n) is 11.0. The molecule has 2 unspecified atom stereocenters. The molecule has 0 spiro atoms. The largest absolute Gasteiger partial charge is 0.444 e. The van der Waals surface area contributed by atoms with Gasteiger partial charge in [0.2, 0.25) is 0 Å². The average molecular weight is 465 g/mol. The van der Waals surface area contributed by atoms with Gasteiger partial charge in [-0.1, -0.05) is 44.2 Å². The maximum absolute atomic E-state index is 12.4. The van der Waals surface area contributed by atoms with Crippen LogP contribution in [-0.2, 0) is 20.6 Å². The van der Waals surface area contributed by atoms with Gasteiger partial charge in [0.25, 0.3) is 0 Å². The number of aliphatic hydroxyl groups is 1. The molecule has 1 aromatic rings. The van der Waals surface area contributed by atoms with Gasteiger partial charge in [0.05, 0.1) is 25.4 Å². The summed E-state index contributed by atoms with van der Waals surface area (Å²) in [4.78, 5) is 12.4. The summed E-state index contributed by atoms with van der Waals surface area (Å²) in [6.45, 7) is 14.4. The Morgan fingerprint density at radius 1 is 1.15 bits per heavy atom. The monoisotopic (exact) mass is 464 g/mol. The number of aliphatic hydroxyl groups excluding tert-OH is 1. The molecule has 1 aromatic carbocycles. The molecule has 0 radical (unpaired) electrons. The predicted octanol–water partition coefficient (Wildman–Crippen LogP) is 4.03. The molecular weight excluding hydrogens is 420 g/mol. The van der Waals surface area contributed by atoms with Crippen LogP contribution < -0.4 is 10.6 Å². The van der Waals surface area contributed by atoms with E-state index in [2.05, 4.69) is 24.5 Å². The summed E-state index contributed by atoms with van der Waals surface area (Å²) in [5.41, 5.74) is 0.505. The highest BCUT2D eigenvalue weighted by Gasteiger charge is 2.31. The Bertz CT molecular complexity index is 711. The van der Waals surface area contributed by atoms with Gasteiger partial charge in [-0.3, -0.25) is 0 Å². The zero-order valence-corrected chi connectivity index (χ0v) is 21.3. The van der Waals surface area contributed by atoms with Gasteiger partial charge in [0.1, 0.15) is 5.60 Å². The van der Waals surface area contributed by atoms with E-state index in [1.54, 1.807) is 0 Å². The number of rotatable bonds is 12. The fraction of sp³-hybridized carbons (Fsp3) is 0.731. The van der Waals surface area contributed by atoms with Crippen LogP contribution in [0.4, 0.5) is 4.79 Å². The summed E-state index contributed by atoms with van der Waals surface area (Å²) >= 11 is 0. The lowest BCUT2D eigenvalue weighted by Crippen LogP contribution is -2.50. The number of ether oxygens (including phenoxy) is 3. The van der Waals surface area contributed by atoms with Crippen molar-refractivity contribution in [3.05, 3.63) is 35.9 Å². The smallest absolute Gasteiger partial charge is 0.407 e. The van der Waals surface area contributed by atoms with E-state index in [0.29, 0.717) is 26.2 Å². The molecule has 1 aliphatic heterocycles. The Kier molecular flexibility index (Phi) is 10.2. The number of amides is 1. The minimum atomic E-state index is -0.757. The molecule has 0 bridgehead atoms. The van der Waals surface area contributed by atoms with E-state index in [4.69, 9.17) is 14.2 Å². The Morgan fingerprint density at radius 2 is 1.79 bits per heavy atom. The Morgan fingerprint density at radius 3 is 2.39 bits per heavy atom.